The van der Waals surface area contributed by atoms with E-state index in [1.165, 1.54) is 103 Å². The first-order valence-corrected chi connectivity index (χ1v) is 28.4. The van der Waals surface area contributed by atoms with Crippen LogP contribution in [0.25, 0.3) is 0 Å². The van der Waals surface area contributed by atoms with E-state index in [4.69, 9.17) is 14.2 Å². The Labute approximate surface area is 421 Å². The zero-order valence-electron chi connectivity index (χ0n) is 44.6. The van der Waals surface area contributed by atoms with Crippen LogP contribution in [0.3, 0.4) is 0 Å². The lowest BCUT2D eigenvalue weighted by atomic mass is 10.1. The van der Waals surface area contributed by atoms with Crippen molar-refractivity contribution in [3.05, 3.63) is 109 Å². The molecule has 0 aromatic carbocycles. The summed E-state index contributed by atoms with van der Waals surface area (Å²) in [6, 6.07) is 0. The number of hydrogen-bond donors (Lipinski definition) is 0. The van der Waals surface area contributed by atoms with E-state index in [1.807, 2.05) is 0 Å². The summed E-state index contributed by atoms with van der Waals surface area (Å²) in [7, 11) is 0. The molecule has 0 aliphatic heterocycles. The topological polar surface area (TPSA) is 61.8 Å². The van der Waals surface area contributed by atoms with E-state index in [-0.39, 0.29) is 25.2 Å². The molecule has 0 heterocycles. The van der Waals surface area contributed by atoms with E-state index in [0.717, 1.165) is 116 Å². The van der Waals surface area contributed by atoms with Gasteiger partial charge in [0.25, 0.3) is 0 Å². The molecular formula is C63H106O5. The first-order chi connectivity index (χ1) is 33.6. The number of carbonyl (C=O) groups is 2. The third kappa shape index (κ3) is 55.2. The van der Waals surface area contributed by atoms with Gasteiger partial charge in [0.2, 0.25) is 0 Å². The SMILES string of the molecule is CC/C=C\C/C=C\C/C=C\C/C=C\CCCCCCCCCOCC(COC(=O)CCCCCCCCCCC/C=C\C/C=C\CCCCC)OC(=O)CCCCC/C=C\C/C=C\C/C=C\CC. The molecule has 68 heavy (non-hydrogen) atoms. The van der Waals surface area contributed by atoms with Crippen LogP contribution < -0.4 is 0 Å². The largest absolute Gasteiger partial charge is 0.462 e. The van der Waals surface area contributed by atoms with Gasteiger partial charge in [-0.05, 0) is 122 Å². The minimum atomic E-state index is -0.566. The fraction of sp³-hybridized carbons (Fsp3) is 0.683. The van der Waals surface area contributed by atoms with Crippen LogP contribution in [-0.4, -0.2) is 37.9 Å². The predicted molar refractivity (Wildman–Crippen MR) is 297 cm³/mol. The fourth-order valence-electron chi connectivity index (χ4n) is 7.60. The maximum Gasteiger partial charge on any atom is 0.306 e. The molecule has 0 saturated carbocycles. The first kappa shape index (κ1) is 64.6. The number of allylic oxidation sites excluding steroid dienone is 18. The number of ether oxygens (including phenoxy) is 3. The van der Waals surface area contributed by atoms with E-state index in [2.05, 4.69) is 130 Å². The molecule has 0 aromatic rings. The standard InChI is InChI=1S/C63H106O5/c1-4-7-10-13-16-19-22-25-27-29-31-33-35-37-40-43-46-49-52-55-58-66-59-61(68-63(65)57-54-51-48-45-42-38-24-21-18-15-12-9-6-3)60-67-62(64)56-53-50-47-44-41-39-36-34-32-30-28-26-23-20-17-14-11-8-5-2/h7,9-10,12,16-21,25-28,31,33,38,42,61H,4-6,8,11,13-15,22-24,29-30,32,34-37,39-41,43-60H2,1-3H3/b10-7-,12-9-,19-16-,20-17-,21-18-,27-25-,28-26-,33-31-,42-38-. The average Bonchev–Trinajstić information content (AvgIpc) is 3.34. The zero-order valence-corrected chi connectivity index (χ0v) is 44.6. The predicted octanol–water partition coefficient (Wildman–Crippen LogP) is 19.6. The quantitative estimate of drug-likeness (QED) is 0.0345. The highest BCUT2D eigenvalue weighted by Gasteiger charge is 2.17. The summed E-state index contributed by atoms with van der Waals surface area (Å²) in [5, 5.41) is 0. The maximum atomic E-state index is 12.8. The van der Waals surface area contributed by atoms with Crippen LogP contribution in [0.15, 0.2) is 109 Å². The summed E-state index contributed by atoms with van der Waals surface area (Å²) in [6.07, 6.45) is 79.7. The normalized spacial score (nSPS) is 13.0. The van der Waals surface area contributed by atoms with Crippen molar-refractivity contribution >= 4 is 11.9 Å². The van der Waals surface area contributed by atoms with Gasteiger partial charge in [0.05, 0.1) is 6.61 Å². The Bertz CT molecular complexity index is 1340. The summed E-state index contributed by atoms with van der Waals surface area (Å²) in [4.78, 5) is 25.5. The number of unbranched alkanes of at least 4 members (excludes halogenated alkanes) is 22. The van der Waals surface area contributed by atoms with Gasteiger partial charge in [0, 0.05) is 19.4 Å². The smallest absolute Gasteiger partial charge is 0.306 e. The van der Waals surface area contributed by atoms with Gasteiger partial charge in [-0.25, -0.2) is 0 Å². The van der Waals surface area contributed by atoms with Gasteiger partial charge >= 0.3 is 11.9 Å². The van der Waals surface area contributed by atoms with Gasteiger partial charge in [0.1, 0.15) is 6.61 Å². The fourth-order valence-corrected chi connectivity index (χ4v) is 7.60. The molecule has 5 nitrogen and oxygen atoms in total. The second kappa shape index (κ2) is 57.9. The van der Waals surface area contributed by atoms with Crippen LogP contribution in [0.1, 0.15) is 252 Å². The molecule has 0 aromatic heterocycles. The van der Waals surface area contributed by atoms with E-state index in [0.29, 0.717) is 19.4 Å². The molecule has 1 unspecified atom stereocenters. The van der Waals surface area contributed by atoms with Crippen molar-refractivity contribution in [3.63, 3.8) is 0 Å². The van der Waals surface area contributed by atoms with Crippen molar-refractivity contribution in [1.82, 2.24) is 0 Å². The van der Waals surface area contributed by atoms with E-state index >= 15 is 0 Å². The number of rotatable bonds is 51. The van der Waals surface area contributed by atoms with Gasteiger partial charge in [0.15, 0.2) is 6.10 Å². The molecule has 0 amide bonds. The summed E-state index contributed by atoms with van der Waals surface area (Å²) in [6.45, 7) is 7.52. The van der Waals surface area contributed by atoms with Gasteiger partial charge in [-0.15, -0.1) is 0 Å². The minimum absolute atomic E-state index is 0.0611. The van der Waals surface area contributed by atoms with Gasteiger partial charge < -0.3 is 14.2 Å². The van der Waals surface area contributed by atoms with Gasteiger partial charge in [-0.3, -0.25) is 9.59 Å². The molecule has 1 atom stereocenters. The molecule has 0 N–H and O–H groups in total. The van der Waals surface area contributed by atoms with E-state index < -0.39 is 6.10 Å². The van der Waals surface area contributed by atoms with Gasteiger partial charge in [-0.2, -0.15) is 0 Å². The first-order valence-electron chi connectivity index (χ1n) is 28.4. The summed E-state index contributed by atoms with van der Waals surface area (Å²) in [5.74, 6) is -0.443. The van der Waals surface area contributed by atoms with Crippen LogP contribution in [0, 0.1) is 0 Å². The molecule has 388 valence electrons. The third-order valence-electron chi connectivity index (χ3n) is 11.8. The molecule has 0 fully saturated rings. The zero-order chi connectivity index (χ0) is 49.2. The van der Waals surface area contributed by atoms with E-state index in [9.17, 15) is 9.59 Å². The Morgan fingerprint density at radius 2 is 0.662 bits per heavy atom. The number of carbonyl (C=O) groups excluding carboxylic acids is 2. The second-order valence-corrected chi connectivity index (χ2v) is 18.4. The molecule has 0 aliphatic rings. The van der Waals surface area contributed by atoms with Crippen LogP contribution in [0.4, 0.5) is 0 Å². The van der Waals surface area contributed by atoms with Crippen molar-refractivity contribution in [1.29, 1.82) is 0 Å². The lowest BCUT2D eigenvalue weighted by Crippen LogP contribution is -2.30. The van der Waals surface area contributed by atoms with Gasteiger partial charge in [-0.1, -0.05) is 226 Å². The van der Waals surface area contributed by atoms with Crippen molar-refractivity contribution in [2.75, 3.05) is 19.8 Å². The highest BCUT2D eigenvalue weighted by Crippen LogP contribution is 2.14. The maximum absolute atomic E-state index is 12.8. The third-order valence-corrected chi connectivity index (χ3v) is 11.8. The summed E-state index contributed by atoms with van der Waals surface area (Å²) >= 11 is 0. The minimum Gasteiger partial charge on any atom is -0.462 e. The van der Waals surface area contributed by atoms with Crippen LogP contribution in [0.2, 0.25) is 0 Å². The molecule has 0 rings (SSSR count). The number of hydrogen-bond acceptors (Lipinski definition) is 5. The average molecular weight is 944 g/mol. The summed E-state index contributed by atoms with van der Waals surface area (Å²) in [5.41, 5.74) is 0. The molecule has 5 heteroatoms. The molecule has 0 bridgehead atoms. The van der Waals surface area contributed by atoms with Crippen molar-refractivity contribution in [3.8, 4) is 0 Å². The summed E-state index contributed by atoms with van der Waals surface area (Å²) < 4.78 is 17.4. The Hall–Kier alpha value is -3.44. The molecule has 0 spiro atoms. The lowest BCUT2D eigenvalue weighted by Gasteiger charge is -2.18. The molecule has 0 radical (unpaired) electrons. The van der Waals surface area contributed by atoms with Crippen molar-refractivity contribution in [2.24, 2.45) is 0 Å². The Kier molecular flexibility index (Phi) is 54.9. The highest BCUT2D eigenvalue weighted by molar-refractivity contribution is 5.70. The van der Waals surface area contributed by atoms with Crippen molar-refractivity contribution in [2.45, 2.75) is 258 Å². The Morgan fingerprint density at radius 3 is 1.07 bits per heavy atom. The monoisotopic (exact) mass is 943 g/mol. The Morgan fingerprint density at radius 1 is 0.338 bits per heavy atom. The second-order valence-electron chi connectivity index (χ2n) is 18.4. The molecule has 0 aliphatic carbocycles. The molecular weight excluding hydrogens is 837 g/mol. The Balaban J connectivity index is 4.31. The number of esters is 2. The molecule has 0 saturated heterocycles. The van der Waals surface area contributed by atoms with E-state index in [1.54, 1.807) is 0 Å². The van der Waals surface area contributed by atoms with Crippen molar-refractivity contribution < 1.29 is 23.8 Å². The highest BCUT2D eigenvalue weighted by atomic mass is 16.6. The van der Waals surface area contributed by atoms with Crippen LogP contribution in [0.5, 0.6) is 0 Å². The lowest BCUT2D eigenvalue weighted by molar-refractivity contribution is -0.163. The van der Waals surface area contributed by atoms with Crippen LogP contribution in [-0.2, 0) is 23.8 Å². The van der Waals surface area contributed by atoms with Crippen LogP contribution >= 0.6 is 0 Å².